The largest absolute Gasteiger partial charge is 0.466 e. The van der Waals surface area contributed by atoms with Gasteiger partial charge in [0.25, 0.3) is 0 Å². The molecule has 2 heterocycles. The molecule has 0 N–H and O–H groups in total. The minimum absolute atomic E-state index is 0.0466. The molecule has 1 aliphatic carbocycles. The molecule has 3 heteroatoms. The third-order valence-electron chi connectivity index (χ3n) is 7.29. The van der Waals surface area contributed by atoms with Crippen LogP contribution < -0.4 is 0 Å². The molecule has 0 aromatic carbocycles. The van der Waals surface area contributed by atoms with Crippen LogP contribution in [0.15, 0.2) is 0 Å². The average molecular weight is 294 g/mol. The molecule has 4 atom stereocenters. The Bertz CT molecular complexity index is 457. The van der Waals surface area contributed by atoms with Crippen LogP contribution >= 0.6 is 0 Å². The lowest BCUT2D eigenvalue weighted by atomic mass is 9.48. The van der Waals surface area contributed by atoms with Gasteiger partial charge in [-0.25, -0.2) is 0 Å². The van der Waals surface area contributed by atoms with Gasteiger partial charge in [-0.3, -0.25) is 4.79 Å². The lowest BCUT2D eigenvalue weighted by Crippen LogP contribution is -2.55. The fourth-order valence-electron chi connectivity index (χ4n) is 5.76. The maximum Gasteiger partial charge on any atom is 0.302 e. The molecule has 3 aliphatic rings. The van der Waals surface area contributed by atoms with Crippen LogP contribution in [-0.4, -0.2) is 23.8 Å². The second-order valence-electron chi connectivity index (χ2n) is 8.56. The maximum absolute atomic E-state index is 11.1. The van der Waals surface area contributed by atoms with Crippen LogP contribution in [0.4, 0.5) is 0 Å². The third kappa shape index (κ3) is 1.85. The first kappa shape index (κ1) is 15.3. The Morgan fingerprint density at radius 2 is 1.90 bits per heavy atom. The summed E-state index contributed by atoms with van der Waals surface area (Å²) in [7, 11) is 0. The highest BCUT2D eigenvalue weighted by molar-refractivity contribution is 5.65. The van der Waals surface area contributed by atoms with Crippen molar-refractivity contribution in [1.29, 1.82) is 0 Å². The van der Waals surface area contributed by atoms with Gasteiger partial charge in [0.2, 0.25) is 0 Å². The number of rotatable bonds is 3. The van der Waals surface area contributed by atoms with E-state index in [9.17, 15) is 4.79 Å². The Hall–Kier alpha value is -0.570. The fourth-order valence-corrected chi connectivity index (χ4v) is 5.76. The SMILES string of the molecule is CC(=O)OCC[C@@]1(C)[C@@H]2CCCC(C)(C)[C@]23CC[C@]1(C)O3. The molecular weight excluding hydrogens is 264 g/mol. The summed E-state index contributed by atoms with van der Waals surface area (Å²) in [6.07, 6.45) is 7.08. The van der Waals surface area contributed by atoms with Crippen molar-refractivity contribution in [2.24, 2.45) is 16.7 Å². The highest BCUT2D eigenvalue weighted by Gasteiger charge is 2.74. The van der Waals surface area contributed by atoms with Crippen molar-refractivity contribution in [1.82, 2.24) is 0 Å². The van der Waals surface area contributed by atoms with Crippen LogP contribution in [0.3, 0.4) is 0 Å². The van der Waals surface area contributed by atoms with E-state index in [1.165, 1.54) is 32.6 Å². The fraction of sp³-hybridized carbons (Fsp3) is 0.944. The molecule has 2 aliphatic heterocycles. The Labute approximate surface area is 128 Å². The van der Waals surface area contributed by atoms with Gasteiger partial charge in [-0.1, -0.05) is 27.2 Å². The van der Waals surface area contributed by atoms with Gasteiger partial charge >= 0.3 is 5.97 Å². The van der Waals surface area contributed by atoms with Crippen LogP contribution in [0.2, 0.25) is 0 Å². The zero-order chi connectivity index (χ0) is 15.5. The molecule has 1 saturated carbocycles. The summed E-state index contributed by atoms with van der Waals surface area (Å²) < 4.78 is 12.1. The Morgan fingerprint density at radius 1 is 1.19 bits per heavy atom. The van der Waals surface area contributed by atoms with Crippen molar-refractivity contribution in [2.45, 2.75) is 84.3 Å². The molecule has 0 amide bonds. The van der Waals surface area contributed by atoms with E-state index in [2.05, 4.69) is 27.7 Å². The molecule has 2 saturated heterocycles. The van der Waals surface area contributed by atoms with E-state index >= 15 is 0 Å². The van der Waals surface area contributed by atoms with E-state index in [1.54, 1.807) is 0 Å². The standard InChI is InChI=1S/C18H30O3/c1-13(19)20-12-11-16(4)14-7-6-8-15(2,3)18(14)10-9-17(16,5)21-18/h14H,6-12H2,1-5H3/t14-,16-,17-,18-/m0/s1. The van der Waals surface area contributed by atoms with E-state index < -0.39 is 0 Å². The summed E-state index contributed by atoms with van der Waals surface area (Å²) in [6.45, 7) is 11.5. The van der Waals surface area contributed by atoms with E-state index in [0.29, 0.717) is 12.5 Å². The number of fused-ring (bicyclic) bond motifs is 1. The van der Waals surface area contributed by atoms with Gasteiger partial charge in [-0.2, -0.15) is 0 Å². The minimum atomic E-state index is -0.175. The van der Waals surface area contributed by atoms with Gasteiger partial charge < -0.3 is 9.47 Å². The van der Waals surface area contributed by atoms with Gasteiger partial charge in [-0.05, 0) is 50.4 Å². The molecule has 0 aromatic heterocycles. The smallest absolute Gasteiger partial charge is 0.302 e. The van der Waals surface area contributed by atoms with Crippen molar-refractivity contribution >= 4 is 5.97 Å². The molecule has 2 bridgehead atoms. The van der Waals surface area contributed by atoms with Crippen LogP contribution in [0.25, 0.3) is 0 Å². The summed E-state index contributed by atoms with van der Waals surface area (Å²) in [5, 5.41) is 0. The first-order valence-corrected chi connectivity index (χ1v) is 8.50. The number of ether oxygens (including phenoxy) is 2. The summed E-state index contributed by atoms with van der Waals surface area (Å²) in [5.41, 5.74) is 0.371. The van der Waals surface area contributed by atoms with Crippen LogP contribution in [-0.2, 0) is 14.3 Å². The molecule has 1 spiro atoms. The summed E-state index contributed by atoms with van der Waals surface area (Å²) in [5.74, 6) is 0.426. The normalized spacial score (nSPS) is 47.2. The third-order valence-corrected chi connectivity index (χ3v) is 7.29. The monoisotopic (exact) mass is 294 g/mol. The molecule has 120 valence electrons. The molecule has 3 rings (SSSR count). The number of hydrogen-bond donors (Lipinski definition) is 0. The van der Waals surface area contributed by atoms with Gasteiger partial charge in [-0.15, -0.1) is 0 Å². The molecular formula is C18H30O3. The highest BCUT2D eigenvalue weighted by atomic mass is 16.5. The second-order valence-corrected chi connectivity index (χ2v) is 8.56. The summed E-state index contributed by atoms with van der Waals surface area (Å²) in [4.78, 5) is 11.1. The zero-order valence-electron chi connectivity index (χ0n) is 14.3. The van der Waals surface area contributed by atoms with Crippen molar-refractivity contribution in [3.8, 4) is 0 Å². The predicted molar refractivity (Wildman–Crippen MR) is 81.9 cm³/mol. The minimum Gasteiger partial charge on any atom is -0.466 e. The molecule has 0 unspecified atom stereocenters. The maximum atomic E-state index is 11.1. The Kier molecular flexibility index (Phi) is 3.26. The average Bonchev–Trinajstić information content (AvgIpc) is 2.81. The molecule has 3 fully saturated rings. The van der Waals surface area contributed by atoms with Crippen LogP contribution in [0.5, 0.6) is 0 Å². The Balaban J connectivity index is 1.90. The molecule has 21 heavy (non-hydrogen) atoms. The highest BCUT2D eigenvalue weighted by Crippen LogP contribution is 2.72. The summed E-state index contributed by atoms with van der Waals surface area (Å²) in [6, 6.07) is 0. The number of carbonyl (C=O) groups is 1. The Morgan fingerprint density at radius 3 is 2.57 bits per heavy atom. The van der Waals surface area contributed by atoms with Crippen molar-refractivity contribution in [3.05, 3.63) is 0 Å². The van der Waals surface area contributed by atoms with Crippen molar-refractivity contribution < 1.29 is 14.3 Å². The van der Waals surface area contributed by atoms with E-state index in [4.69, 9.17) is 9.47 Å². The van der Waals surface area contributed by atoms with E-state index in [-0.39, 0.29) is 28.0 Å². The lowest BCUT2D eigenvalue weighted by molar-refractivity contribution is -0.143. The zero-order valence-corrected chi connectivity index (χ0v) is 14.3. The molecule has 3 nitrogen and oxygen atoms in total. The van der Waals surface area contributed by atoms with E-state index in [0.717, 1.165) is 12.8 Å². The first-order chi connectivity index (χ1) is 9.67. The van der Waals surface area contributed by atoms with Crippen LogP contribution in [0.1, 0.15) is 73.1 Å². The first-order valence-electron chi connectivity index (χ1n) is 8.50. The van der Waals surface area contributed by atoms with Crippen molar-refractivity contribution in [2.75, 3.05) is 6.61 Å². The number of carbonyl (C=O) groups excluding carboxylic acids is 1. The summed E-state index contributed by atoms with van der Waals surface area (Å²) >= 11 is 0. The molecule has 0 radical (unpaired) electrons. The van der Waals surface area contributed by atoms with Crippen molar-refractivity contribution in [3.63, 3.8) is 0 Å². The lowest BCUT2D eigenvalue weighted by Gasteiger charge is -2.54. The molecule has 0 aromatic rings. The van der Waals surface area contributed by atoms with Crippen LogP contribution in [0, 0.1) is 16.7 Å². The number of esters is 1. The van der Waals surface area contributed by atoms with Gasteiger partial charge in [0.15, 0.2) is 0 Å². The quantitative estimate of drug-likeness (QED) is 0.735. The van der Waals surface area contributed by atoms with Gasteiger partial charge in [0.05, 0.1) is 17.8 Å². The van der Waals surface area contributed by atoms with Gasteiger partial charge in [0.1, 0.15) is 0 Å². The van der Waals surface area contributed by atoms with Gasteiger partial charge in [0, 0.05) is 12.3 Å². The second kappa shape index (κ2) is 4.47. The van der Waals surface area contributed by atoms with E-state index in [1.807, 2.05) is 0 Å². The predicted octanol–water partition coefficient (Wildman–Crippen LogP) is 4.09. The topological polar surface area (TPSA) is 35.5 Å². The number of hydrogen-bond acceptors (Lipinski definition) is 3.